The molecule has 0 fully saturated rings. The van der Waals surface area contributed by atoms with E-state index in [-0.39, 0.29) is 5.84 Å². The Hall–Kier alpha value is -1.62. The van der Waals surface area contributed by atoms with Crippen molar-refractivity contribution >= 4 is 20.7 Å². The SMILES string of the molecule is CCCC[Si](CCCC)Oc1ccc2c(c1)C(=N)N=C2N. The van der Waals surface area contributed by atoms with E-state index in [0.29, 0.717) is 5.84 Å². The fraction of sp³-hybridized carbons (Fsp3) is 0.500. The highest BCUT2D eigenvalue weighted by molar-refractivity contribution is 6.52. The van der Waals surface area contributed by atoms with Crippen LogP contribution in [0, 0.1) is 5.41 Å². The third-order valence-electron chi connectivity index (χ3n) is 3.63. The van der Waals surface area contributed by atoms with E-state index >= 15 is 0 Å². The van der Waals surface area contributed by atoms with Crippen LogP contribution in [0.2, 0.25) is 12.1 Å². The number of rotatable bonds is 8. The quantitative estimate of drug-likeness (QED) is 0.719. The lowest BCUT2D eigenvalue weighted by molar-refractivity contribution is 0.552. The van der Waals surface area contributed by atoms with Crippen LogP contribution in [0.3, 0.4) is 0 Å². The number of benzene rings is 1. The predicted octanol–water partition coefficient (Wildman–Crippen LogP) is 3.70. The summed E-state index contributed by atoms with van der Waals surface area (Å²) in [5.74, 6) is 1.54. The zero-order valence-corrected chi connectivity index (χ0v) is 13.9. The summed E-state index contributed by atoms with van der Waals surface area (Å²) in [6, 6.07) is 8.18. The number of nitrogens with zero attached hydrogens (tertiary/aromatic N) is 1. The van der Waals surface area contributed by atoms with Crippen molar-refractivity contribution in [3.8, 4) is 5.75 Å². The minimum atomic E-state index is -0.809. The maximum Gasteiger partial charge on any atom is 0.280 e. The first-order valence-electron chi connectivity index (χ1n) is 7.75. The van der Waals surface area contributed by atoms with Crippen LogP contribution in [0.4, 0.5) is 0 Å². The largest absolute Gasteiger partial charge is 0.542 e. The molecule has 1 radical (unpaired) electrons. The van der Waals surface area contributed by atoms with Gasteiger partial charge in [-0.3, -0.25) is 5.41 Å². The average Bonchev–Trinajstić information content (AvgIpc) is 2.76. The van der Waals surface area contributed by atoms with Crippen LogP contribution in [0.5, 0.6) is 5.75 Å². The molecule has 3 N–H and O–H groups in total. The number of amidine groups is 2. The Labute approximate surface area is 128 Å². The van der Waals surface area contributed by atoms with E-state index in [4.69, 9.17) is 15.6 Å². The number of unbranched alkanes of at least 4 members (excludes halogenated alkanes) is 2. The summed E-state index contributed by atoms with van der Waals surface area (Å²) in [5, 5.41) is 7.85. The molecule has 0 aromatic heterocycles. The molecule has 5 heteroatoms. The van der Waals surface area contributed by atoms with Gasteiger partial charge in [0.25, 0.3) is 9.04 Å². The van der Waals surface area contributed by atoms with Crippen molar-refractivity contribution in [2.24, 2.45) is 10.7 Å². The van der Waals surface area contributed by atoms with Gasteiger partial charge < -0.3 is 10.2 Å². The van der Waals surface area contributed by atoms with Gasteiger partial charge in [0.15, 0.2) is 5.84 Å². The lowest BCUT2D eigenvalue weighted by Gasteiger charge is -2.17. The molecule has 0 spiro atoms. The molecular formula is C16H24N3OSi. The van der Waals surface area contributed by atoms with Crippen LogP contribution in [-0.2, 0) is 0 Å². The van der Waals surface area contributed by atoms with Gasteiger partial charge in [0.1, 0.15) is 11.6 Å². The number of hydrogen-bond donors (Lipinski definition) is 2. The molecule has 0 aliphatic carbocycles. The fourth-order valence-electron chi connectivity index (χ4n) is 2.39. The van der Waals surface area contributed by atoms with Gasteiger partial charge in [-0.25, -0.2) is 4.99 Å². The average molecular weight is 302 g/mol. The molecular weight excluding hydrogens is 278 g/mol. The first-order valence-corrected chi connectivity index (χ1v) is 9.58. The monoisotopic (exact) mass is 302 g/mol. The zero-order chi connectivity index (χ0) is 15.2. The lowest BCUT2D eigenvalue weighted by atomic mass is 10.1. The van der Waals surface area contributed by atoms with Crippen LogP contribution in [-0.4, -0.2) is 20.7 Å². The molecule has 0 atom stereocenters. The second-order valence-corrected chi connectivity index (χ2v) is 7.68. The topological polar surface area (TPSA) is 71.5 Å². The normalized spacial score (nSPS) is 13.5. The molecule has 0 bridgehead atoms. The van der Waals surface area contributed by atoms with Gasteiger partial charge in [0.05, 0.1) is 0 Å². The molecule has 0 amide bonds. The van der Waals surface area contributed by atoms with E-state index in [1.165, 1.54) is 37.8 Å². The molecule has 0 unspecified atom stereocenters. The van der Waals surface area contributed by atoms with Crippen LogP contribution < -0.4 is 10.2 Å². The second-order valence-electron chi connectivity index (χ2n) is 5.40. The Balaban J connectivity index is 2.07. The van der Waals surface area contributed by atoms with E-state index in [0.717, 1.165) is 16.9 Å². The molecule has 21 heavy (non-hydrogen) atoms. The third-order valence-corrected chi connectivity index (χ3v) is 5.98. The Morgan fingerprint density at radius 2 is 1.81 bits per heavy atom. The van der Waals surface area contributed by atoms with E-state index in [1.54, 1.807) is 0 Å². The molecule has 1 aromatic carbocycles. The number of fused-ring (bicyclic) bond motifs is 1. The van der Waals surface area contributed by atoms with Crippen molar-refractivity contribution in [1.29, 1.82) is 5.41 Å². The van der Waals surface area contributed by atoms with E-state index < -0.39 is 9.04 Å². The highest BCUT2D eigenvalue weighted by Gasteiger charge is 2.20. The summed E-state index contributed by atoms with van der Waals surface area (Å²) >= 11 is 0. The maximum atomic E-state index is 7.85. The van der Waals surface area contributed by atoms with Gasteiger partial charge in [0.2, 0.25) is 0 Å². The van der Waals surface area contributed by atoms with Gasteiger partial charge in [-0.05, 0) is 30.3 Å². The summed E-state index contributed by atoms with van der Waals surface area (Å²) in [6.07, 6.45) is 4.88. The number of hydrogen-bond acceptors (Lipinski definition) is 3. The Kier molecular flexibility index (Phi) is 5.56. The van der Waals surface area contributed by atoms with Crippen molar-refractivity contribution in [3.63, 3.8) is 0 Å². The fourth-order valence-corrected chi connectivity index (χ4v) is 4.80. The zero-order valence-electron chi connectivity index (χ0n) is 12.9. The number of nitrogens with two attached hydrogens (primary N) is 1. The van der Waals surface area contributed by atoms with Gasteiger partial charge in [-0.2, -0.15) is 0 Å². The van der Waals surface area contributed by atoms with Crippen molar-refractivity contribution in [1.82, 2.24) is 0 Å². The molecule has 2 rings (SSSR count). The van der Waals surface area contributed by atoms with Crippen molar-refractivity contribution < 1.29 is 4.43 Å². The van der Waals surface area contributed by atoms with Gasteiger partial charge in [-0.1, -0.05) is 39.5 Å². The minimum absolute atomic E-state index is 0.240. The highest BCUT2D eigenvalue weighted by atomic mass is 28.3. The van der Waals surface area contributed by atoms with Crippen LogP contribution in [0.15, 0.2) is 23.2 Å². The lowest BCUT2D eigenvalue weighted by Crippen LogP contribution is -2.21. The first kappa shape index (κ1) is 15.8. The van der Waals surface area contributed by atoms with Gasteiger partial charge in [-0.15, -0.1) is 0 Å². The standard InChI is InChI=1S/C16H24N3OSi/c1-3-5-9-21(10-6-4-2)20-12-7-8-13-14(11-12)16(18)19-15(13)17/h7-8,11H,3-6,9-10H2,1-2H3,(H3,17,18,19). The second kappa shape index (κ2) is 7.40. The molecule has 1 heterocycles. The Morgan fingerprint density at radius 3 is 2.43 bits per heavy atom. The van der Waals surface area contributed by atoms with Crippen LogP contribution >= 0.6 is 0 Å². The van der Waals surface area contributed by atoms with Crippen molar-refractivity contribution in [3.05, 3.63) is 29.3 Å². The molecule has 113 valence electrons. The first-order chi connectivity index (χ1) is 10.2. The van der Waals surface area contributed by atoms with Crippen LogP contribution in [0.25, 0.3) is 0 Å². The van der Waals surface area contributed by atoms with Crippen molar-refractivity contribution in [2.75, 3.05) is 0 Å². The Bertz CT molecular complexity index is 534. The summed E-state index contributed by atoms with van der Waals surface area (Å²) < 4.78 is 6.24. The minimum Gasteiger partial charge on any atom is -0.542 e. The van der Waals surface area contributed by atoms with Crippen molar-refractivity contribution in [2.45, 2.75) is 51.6 Å². The summed E-state index contributed by atoms with van der Waals surface area (Å²) in [4.78, 5) is 4.01. The molecule has 1 aliphatic rings. The molecule has 0 saturated carbocycles. The van der Waals surface area contributed by atoms with Gasteiger partial charge in [0, 0.05) is 11.1 Å². The summed E-state index contributed by atoms with van der Waals surface area (Å²) in [6.45, 7) is 4.44. The maximum absolute atomic E-state index is 7.85. The van der Waals surface area contributed by atoms with E-state index in [1.807, 2.05) is 18.2 Å². The molecule has 4 nitrogen and oxygen atoms in total. The third kappa shape index (κ3) is 3.94. The smallest absolute Gasteiger partial charge is 0.280 e. The Morgan fingerprint density at radius 1 is 1.14 bits per heavy atom. The molecule has 1 aliphatic heterocycles. The summed E-state index contributed by atoms with van der Waals surface area (Å²) in [5.41, 5.74) is 7.43. The van der Waals surface area contributed by atoms with E-state index in [2.05, 4.69) is 18.8 Å². The van der Waals surface area contributed by atoms with Crippen LogP contribution in [0.1, 0.15) is 50.7 Å². The molecule has 0 saturated heterocycles. The highest BCUT2D eigenvalue weighted by Crippen LogP contribution is 2.24. The summed E-state index contributed by atoms with van der Waals surface area (Å²) in [7, 11) is -0.809. The number of nitrogens with one attached hydrogen (secondary N) is 1. The van der Waals surface area contributed by atoms with Gasteiger partial charge >= 0.3 is 0 Å². The predicted molar refractivity (Wildman–Crippen MR) is 89.8 cm³/mol. The molecule has 1 aromatic rings. The number of aliphatic imine (C=N–C) groups is 1. The van der Waals surface area contributed by atoms with E-state index in [9.17, 15) is 0 Å².